The molecule has 2 amide bonds. The zero-order valence-electron chi connectivity index (χ0n) is 13.2. The first kappa shape index (κ1) is 17.6. The van der Waals surface area contributed by atoms with E-state index in [0.29, 0.717) is 5.56 Å². The number of carbonyl (C=O) groups excluding carboxylic acids is 2. The molecule has 0 saturated carbocycles. The highest BCUT2D eigenvalue weighted by atomic mass is 19.1. The summed E-state index contributed by atoms with van der Waals surface area (Å²) in [5.41, 5.74) is 1.29. The van der Waals surface area contributed by atoms with Crippen molar-refractivity contribution in [1.29, 1.82) is 0 Å². The van der Waals surface area contributed by atoms with Gasteiger partial charge in [-0.1, -0.05) is 24.3 Å². The standard InChI is InChI=1S/C18H18F2N2O2/c1-12(14-5-7-15(19)8-6-14)22-18(24)11-21-17(23)10-13-3-2-4-16(20)9-13/h2-9,12H,10-11H2,1H3,(H,21,23)(H,22,24)/t12-/m0/s1. The van der Waals surface area contributed by atoms with Crippen LogP contribution in [0, 0.1) is 11.6 Å². The third-order valence-electron chi connectivity index (χ3n) is 3.45. The number of rotatable bonds is 6. The highest BCUT2D eigenvalue weighted by Crippen LogP contribution is 2.12. The lowest BCUT2D eigenvalue weighted by molar-refractivity contribution is -0.126. The fourth-order valence-electron chi connectivity index (χ4n) is 2.20. The lowest BCUT2D eigenvalue weighted by Gasteiger charge is -2.14. The van der Waals surface area contributed by atoms with Gasteiger partial charge in [-0.25, -0.2) is 8.78 Å². The number of benzene rings is 2. The van der Waals surface area contributed by atoms with Crippen molar-refractivity contribution in [3.63, 3.8) is 0 Å². The Labute approximate surface area is 138 Å². The van der Waals surface area contributed by atoms with Gasteiger partial charge in [0.05, 0.1) is 19.0 Å². The molecule has 126 valence electrons. The summed E-state index contributed by atoms with van der Waals surface area (Å²) in [4.78, 5) is 23.6. The molecule has 2 aromatic carbocycles. The van der Waals surface area contributed by atoms with Crippen LogP contribution in [0.3, 0.4) is 0 Å². The summed E-state index contributed by atoms with van der Waals surface area (Å²) >= 11 is 0. The first-order valence-electron chi connectivity index (χ1n) is 7.50. The largest absolute Gasteiger partial charge is 0.348 e. The predicted molar refractivity (Wildman–Crippen MR) is 86.1 cm³/mol. The van der Waals surface area contributed by atoms with E-state index >= 15 is 0 Å². The topological polar surface area (TPSA) is 58.2 Å². The van der Waals surface area contributed by atoms with Crippen molar-refractivity contribution in [2.24, 2.45) is 0 Å². The van der Waals surface area contributed by atoms with E-state index in [-0.39, 0.29) is 36.6 Å². The van der Waals surface area contributed by atoms with Crippen LogP contribution in [0.2, 0.25) is 0 Å². The molecule has 0 fully saturated rings. The zero-order valence-corrected chi connectivity index (χ0v) is 13.2. The van der Waals surface area contributed by atoms with Crippen molar-refractivity contribution < 1.29 is 18.4 Å². The van der Waals surface area contributed by atoms with E-state index in [1.807, 2.05) is 0 Å². The molecule has 0 aliphatic carbocycles. The summed E-state index contributed by atoms with van der Waals surface area (Å²) in [5.74, 6) is -1.49. The van der Waals surface area contributed by atoms with Gasteiger partial charge in [-0.3, -0.25) is 9.59 Å². The van der Waals surface area contributed by atoms with E-state index in [1.165, 1.54) is 30.3 Å². The first-order chi connectivity index (χ1) is 11.4. The molecule has 0 aliphatic heterocycles. The Morgan fingerprint density at radius 2 is 1.71 bits per heavy atom. The highest BCUT2D eigenvalue weighted by molar-refractivity contribution is 5.85. The molecular weight excluding hydrogens is 314 g/mol. The summed E-state index contributed by atoms with van der Waals surface area (Å²) in [6, 6.07) is 11.2. The predicted octanol–water partition coefficient (Wildman–Crippen LogP) is 2.50. The van der Waals surface area contributed by atoms with Crippen molar-refractivity contribution >= 4 is 11.8 Å². The molecule has 4 nitrogen and oxygen atoms in total. The minimum atomic E-state index is -0.411. The van der Waals surface area contributed by atoms with Crippen LogP contribution in [0.4, 0.5) is 8.78 Å². The van der Waals surface area contributed by atoms with Crippen molar-refractivity contribution in [3.05, 3.63) is 71.3 Å². The Bertz CT molecular complexity index is 717. The van der Waals surface area contributed by atoms with Gasteiger partial charge in [0, 0.05) is 0 Å². The molecule has 0 spiro atoms. The molecule has 2 aromatic rings. The van der Waals surface area contributed by atoms with E-state index < -0.39 is 5.82 Å². The molecule has 0 aromatic heterocycles. The maximum Gasteiger partial charge on any atom is 0.239 e. The third kappa shape index (κ3) is 5.46. The summed E-state index contributed by atoms with van der Waals surface area (Å²) in [7, 11) is 0. The van der Waals surface area contributed by atoms with Gasteiger partial charge < -0.3 is 10.6 Å². The maximum atomic E-state index is 13.0. The van der Waals surface area contributed by atoms with Gasteiger partial charge in [0.2, 0.25) is 11.8 Å². The molecule has 6 heteroatoms. The number of carbonyl (C=O) groups is 2. The molecule has 0 heterocycles. The molecule has 1 atom stereocenters. The van der Waals surface area contributed by atoms with Crippen molar-refractivity contribution in [3.8, 4) is 0 Å². The van der Waals surface area contributed by atoms with Gasteiger partial charge in [0.25, 0.3) is 0 Å². The van der Waals surface area contributed by atoms with Crippen molar-refractivity contribution in [2.45, 2.75) is 19.4 Å². The highest BCUT2D eigenvalue weighted by Gasteiger charge is 2.11. The zero-order chi connectivity index (χ0) is 17.5. The monoisotopic (exact) mass is 332 g/mol. The summed E-state index contributed by atoms with van der Waals surface area (Å²) < 4.78 is 25.9. The van der Waals surface area contributed by atoms with Crippen LogP contribution in [0.5, 0.6) is 0 Å². The average Bonchev–Trinajstić information content (AvgIpc) is 2.53. The molecule has 0 bridgehead atoms. The second-order valence-electron chi connectivity index (χ2n) is 5.42. The van der Waals surface area contributed by atoms with Crippen LogP contribution in [-0.2, 0) is 16.0 Å². The average molecular weight is 332 g/mol. The van der Waals surface area contributed by atoms with E-state index in [4.69, 9.17) is 0 Å². The van der Waals surface area contributed by atoms with E-state index in [2.05, 4.69) is 10.6 Å². The fraction of sp³-hybridized carbons (Fsp3) is 0.222. The lowest BCUT2D eigenvalue weighted by atomic mass is 10.1. The number of halogens is 2. The quantitative estimate of drug-likeness (QED) is 0.854. The number of nitrogens with one attached hydrogen (secondary N) is 2. The summed E-state index contributed by atoms with van der Waals surface area (Å²) in [6.07, 6.45) is -0.00143. The van der Waals surface area contributed by atoms with Crippen molar-refractivity contribution in [1.82, 2.24) is 10.6 Å². The summed E-state index contributed by atoms with van der Waals surface area (Å²) in [6.45, 7) is 1.58. The summed E-state index contributed by atoms with van der Waals surface area (Å²) in [5, 5.41) is 5.19. The Morgan fingerprint density at radius 3 is 2.38 bits per heavy atom. The van der Waals surface area contributed by atoms with E-state index in [9.17, 15) is 18.4 Å². The Balaban J connectivity index is 1.78. The normalized spacial score (nSPS) is 11.6. The van der Waals surface area contributed by atoms with Crippen molar-refractivity contribution in [2.75, 3.05) is 6.54 Å². The smallest absolute Gasteiger partial charge is 0.239 e. The molecule has 0 unspecified atom stereocenters. The van der Waals surface area contributed by atoms with Crippen LogP contribution < -0.4 is 10.6 Å². The van der Waals surface area contributed by atoms with E-state index in [0.717, 1.165) is 5.56 Å². The fourth-order valence-corrected chi connectivity index (χ4v) is 2.20. The van der Waals surface area contributed by atoms with E-state index in [1.54, 1.807) is 25.1 Å². The maximum absolute atomic E-state index is 13.0. The van der Waals surface area contributed by atoms with Crippen LogP contribution in [-0.4, -0.2) is 18.4 Å². The minimum absolute atomic E-state index is 0.00143. The van der Waals surface area contributed by atoms with Crippen LogP contribution in [0.15, 0.2) is 48.5 Å². The van der Waals surface area contributed by atoms with Gasteiger partial charge in [-0.2, -0.15) is 0 Å². The lowest BCUT2D eigenvalue weighted by Crippen LogP contribution is -2.38. The van der Waals surface area contributed by atoms with Gasteiger partial charge in [0.1, 0.15) is 11.6 Å². The number of hydrogen-bond acceptors (Lipinski definition) is 2. The minimum Gasteiger partial charge on any atom is -0.348 e. The Hall–Kier alpha value is -2.76. The molecule has 2 N–H and O–H groups in total. The van der Waals surface area contributed by atoms with Gasteiger partial charge in [0.15, 0.2) is 0 Å². The van der Waals surface area contributed by atoms with Gasteiger partial charge in [-0.15, -0.1) is 0 Å². The third-order valence-corrected chi connectivity index (χ3v) is 3.45. The Kier molecular flexibility index (Phi) is 6.01. The molecule has 0 radical (unpaired) electrons. The number of amides is 2. The van der Waals surface area contributed by atoms with Gasteiger partial charge in [-0.05, 0) is 42.3 Å². The molecule has 2 rings (SSSR count). The number of hydrogen-bond donors (Lipinski definition) is 2. The Morgan fingerprint density at radius 1 is 1.00 bits per heavy atom. The van der Waals surface area contributed by atoms with Crippen LogP contribution in [0.25, 0.3) is 0 Å². The molecular formula is C18H18F2N2O2. The molecule has 0 aliphatic rings. The first-order valence-corrected chi connectivity index (χ1v) is 7.50. The van der Waals surface area contributed by atoms with Crippen LogP contribution >= 0.6 is 0 Å². The van der Waals surface area contributed by atoms with Crippen LogP contribution in [0.1, 0.15) is 24.1 Å². The molecule has 24 heavy (non-hydrogen) atoms. The second-order valence-corrected chi connectivity index (χ2v) is 5.42. The second kappa shape index (κ2) is 8.19. The molecule has 0 saturated heterocycles. The van der Waals surface area contributed by atoms with Gasteiger partial charge >= 0.3 is 0 Å². The SMILES string of the molecule is C[C@H](NC(=O)CNC(=O)Cc1cccc(F)c1)c1ccc(F)cc1.